The normalized spacial score (nSPS) is 15.9. The lowest BCUT2D eigenvalue weighted by Crippen LogP contribution is -2.35. The predicted molar refractivity (Wildman–Crippen MR) is 136 cm³/mol. The summed E-state index contributed by atoms with van der Waals surface area (Å²) >= 11 is 6.01. The van der Waals surface area contributed by atoms with E-state index in [4.69, 9.17) is 26.2 Å². The number of pyridine rings is 1. The van der Waals surface area contributed by atoms with E-state index in [0.29, 0.717) is 18.8 Å². The standard InChI is InChI=1S/C27H26ClFN4O3/c1-27(2,3)36-26(34)32-14-12-18(16-32)33-22-11-13-30-15-20(22)25(31-33)17-7-9-19(10-8-17)35-23-6-4-5-21(29)24(23)28/h4-11,13,15,18H,12,14,16H2,1-3H3. The highest BCUT2D eigenvalue weighted by Crippen LogP contribution is 2.35. The summed E-state index contributed by atoms with van der Waals surface area (Å²) in [7, 11) is 0. The zero-order chi connectivity index (χ0) is 25.4. The van der Waals surface area contributed by atoms with Crippen LogP contribution in [0.25, 0.3) is 22.2 Å². The van der Waals surface area contributed by atoms with Crippen molar-refractivity contribution in [2.24, 2.45) is 0 Å². The Morgan fingerprint density at radius 1 is 1.14 bits per heavy atom. The zero-order valence-electron chi connectivity index (χ0n) is 20.2. The first-order valence-electron chi connectivity index (χ1n) is 11.7. The number of fused-ring (bicyclic) bond motifs is 1. The van der Waals surface area contributed by atoms with Gasteiger partial charge in [0.15, 0.2) is 0 Å². The smallest absolute Gasteiger partial charge is 0.410 e. The number of amides is 1. The molecule has 4 aromatic rings. The summed E-state index contributed by atoms with van der Waals surface area (Å²) < 4.78 is 27.0. The Morgan fingerprint density at radius 2 is 1.92 bits per heavy atom. The predicted octanol–water partition coefficient (Wildman–Crippen LogP) is 6.87. The molecule has 0 radical (unpaired) electrons. The molecule has 1 unspecified atom stereocenters. The molecule has 2 aromatic carbocycles. The monoisotopic (exact) mass is 508 g/mol. The van der Waals surface area contributed by atoms with Crippen molar-refractivity contribution in [3.8, 4) is 22.8 Å². The van der Waals surface area contributed by atoms with Crippen LogP contribution in [0.5, 0.6) is 11.5 Å². The van der Waals surface area contributed by atoms with Gasteiger partial charge in [0.25, 0.3) is 0 Å². The second kappa shape index (κ2) is 9.43. The van der Waals surface area contributed by atoms with E-state index in [2.05, 4.69) is 4.98 Å². The largest absolute Gasteiger partial charge is 0.456 e. The Balaban J connectivity index is 1.40. The lowest BCUT2D eigenvalue weighted by atomic mass is 10.1. The number of nitrogens with zero attached hydrogens (tertiary/aromatic N) is 4. The quantitative estimate of drug-likeness (QED) is 0.301. The number of halogens is 2. The molecular weight excluding hydrogens is 483 g/mol. The first-order chi connectivity index (χ1) is 17.2. The number of hydrogen-bond donors (Lipinski definition) is 0. The highest BCUT2D eigenvalue weighted by Gasteiger charge is 2.32. The fourth-order valence-electron chi connectivity index (χ4n) is 4.28. The number of hydrogen-bond acceptors (Lipinski definition) is 5. The van der Waals surface area contributed by atoms with Crippen molar-refractivity contribution in [2.45, 2.75) is 38.8 Å². The van der Waals surface area contributed by atoms with Crippen molar-refractivity contribution < 1.29 is 18.7 Å². The van der Waals surface area contributed by atoms with E-state index >= 15 is 0 Å². The zero-order valence-corrected chi connectivity index (χ0v) is 21.0. The van der Waals surface area contributed by atoms with Gasteiger partial charge in [-0.1, -0.05) is 17.7 Å². The fraction of sp³-hybridized carbons (Fsp3) is 0.296. The molecule has 0 aliphatic carbocycles. The number of rotatable bonds is 4. The number of aromatic nitrogens is 3. The van der Waals surface area contributed by atoms with Gasteiger partial charge in [0.1, 0.15) is 33.6 Å². The molecule has 1 aliphatic rings. The molecule has 1 amide bonds. The molecule has 1 aliphatic heterocycles. The Morgan fingerprint density at radius 3 is 2.67 bits per heavy atom. The highest BCUT2D eigenvalue weighted by atomic mass is 35.5. The number of benzene rings is 2. The second-order valence-corrected chi connectivity index (χ2v) is 10.1. The third kappa shape index (κ3) is 4.86. The van der Waals surface area contributed by atoms with E-state index in [1.54, 1.807) is 41.6 Å². The fourth-order valence-corrected chi connectivity index (χ4v) is 4.45. The van der Waals surface area contributed by atoms with Crippen LogP contribution in [0.1, 0.15) is 33.2 Å². The maximum Gasteiger partial charge on any atom is 0.410 e. The Hall–Kier alpha value is -3.65. The van der Waals surface area contributed by atoms with Gasteiger partial charge in [-0.2, -0.15) is 5.10 Å². The topological polar surface area (TPSA) is 69.5 Å². The Kier molecular flexibility index (Phi) is 6.30. The van der Waals surface area contributed by atoms with E-state index in [0.717, 1.165) is 28.6 Å². The summed E-state index contributed by atoms with van der Waals surface area (Å²) in [6.07, 6.45) is 4.01. The second-order valence-electron chi connectivity index (χ2n) is 9.73. The van der Waals surface area contributed by atoms with Crippen LogP contribution in [-0.2, 0) is 4.74 Å². The molecule has 9 heteroatoms. The van der Waals surface area contributed by atoms with E-state index in [9.17, 15) is 9.18 Å². The number of carbonyl (C=O) groups is 1. The van der Waals surface area contributed by atoms with Crippen LogP contribution >= 0.6 is 11.6 Å². The summed E-state index contributed by atoms with van der Waals surface area (Å²) in [5.41, 5.74) is 2.07. The van der Waals surface area contributed by atoms with Gasteiger partial charge in [-0.15, -0.1) is 0 Å². The molecule has 1 fully saturated rings. The first kappa shape index (κ1) is 24.1. The van der Waals surface area contributed by atoms with Crippen molar-refractivity contribution >= 4 is 28.6 Å². The summed E-state index contributed by atoms with van der Waals surface area (Å²) in [6.45, 7) is 6.72. The number of ether oxygens (including phenoxy) is 2. The summed E-state index contributed by atoms with van der Waals surface area (Å²) in [6, 6.07) is 13.8. The molecule has 0 bridgehead atoms. The van der Waals surface area contributed by atoms with Crippen molar-refractivity contribution in [2.75, 3.05) is 13.1 Å². The lowest BCUT2D eigenvalue weighted by Gasteiger charge is -2.24. The van der Waals surface area contributed by atoms with Gasteiger partial charge in [-0.05, 0) is 69.7 Å². The highest BCUT2D eigenvalue weighted by molar-refractivity contribution is 6.32. The number of carbonyl (C=O) groups excluding carboxylic acids is 1. The minimum Gasteiger partial charge on any atom is -0.456 e. The molecule has 186 valence electrons. The van der Waals surface area contributed by atoms with Gasteiger partial charge in [-0.25, -0.2) is 9.18 Å². The third-order valence-electron chi connectivity index (χ3n) is 5.94. The van der Waals surface area contributed by atoms with Gasteiger partial charge >= 0.3 is 6.09 Å². The molecular formula is C27H26ClFN4O3. The Bertz CT molecular complexity index is 1420. The molecule has 36 heavy (non-hydrogen) atoms. The van der Waals surface area contributed by atoms with Gasteiger partial charge in [0, 0.05) is 36.4 Å². The van der Waals surface area contributed by atoms with Crippen LogP contribution in [0.2, 0.25) is 5.02 Å². The Labute approximate surface area is 213 Å². The molecule has 1 atom stereocenters. The van der Waals surface area contributed by atoms with Crippen LogP contribution in [-0.4, -0.2) is 44.4 Å². The maximum atomic E-state index is 13.7. The van der Waals surface area contributed by atoms with E-state index in [-0.39, 0.29) is 22.9 Å². The molecule has 1 saturated heterocycles. The van der Waals surface area contributed by atoms with Crippen molar-refractivity contribution in [1.82, 2.24) is 19.7 Å². The van der Waals surface area contributed by atoms with Crippen LogP contribution in [0.3, 0.4) is 0 Å². The minimum absolute atomic E-state index is 0.0221. The van der Waals surface area contributed by atoms with Crippen molar-refractivity contribution in [1.29, 1.82) is 0 Å². The lowest BCUT2D eigenvalue weighted by molar-refractivity contribution is 0.0288. The first-order valence-corrected chi connectivity index (χ1v) is 12.1. The third-order valence-corrected chi connectivity index (χ3v) is 6.31. The average molecular weight is 509 g/mol. The molecule has 0 saturated carbocycles. The molecule has 7 nitrogen and oxygen atoms in total. The molecule has 3 heterocycles. The summed E-state index contributed by atoms with van der Waals surface area (Å²) in [4.78, 5) is 18.6. The van der Waals surface area contributed by atoms with Crippen LogP contribution in [0.15, 0.2) is 60.9 Å². The maximum absolute atomic E-state index is 13.7. The molecule has 5 rings (SSSR count). The summed E-state index contributed by atoms with van der Waals surface area (Å²) in [5, 5.41) is 5.79. The van der Waals surface area contributed by atoms with Gasteiger partial charge < -0.3 is 14.4 Å². The molecule has 2 aromatic heterocycles. The van der Waals surface area contributed by atoms with E-state index < -0.39 is 11.4 Å². The van der Waals surface area contributed by atoms with E-state index in [1.807, 2.05) is 43.7 Å². The van der Waals surface area contributed by atoms with Crippen molar-refractivity contribution in [3.63, 3.8) is 0 Å². The van der Waals surface area contributed by atoms with Gasteiger partial charge in [0.05, 0.1) is 11.6 Å². The van der Waals surface area contributed by atoms with Crippen LogP contribution < -0.4 is 4.74 Å². The van der Waals surface area contributed by atoms with Crippen LogP contribution in [0, 0.1) is 5.82 Å². The SMILES string of the molecule is CC(C)(C)OC(=O)N1CCC(n2nc(-c3ccc(Oc4cccc(F)c4Cl)cc3)c3cnccc32)C1. The van der Waals surface area contributed by atoms with Crippen LogP contribution in [0.4, 0.5) is 9.18 Å². The van der Waals surface area contributed by atoms with E-state index in [1.165, 1.54) is 6.07 Å². The van der Waals surface area contributed by atoms with Crippen molar-refractivity contribution in [3.05, 3.63) is 71.8 Å². The minimum atomic E-state index is -0.539. The summed E-state index contributed by atoms with van der Waals surface area (Å²) in [5.74, 6) is 0.239. The molecule has 0 spiro atoms. The van der Waals surface area contributed by atoms with Gasteiger partial charge in [-0.3, -0.25) is 9.67 Å². The van der Waals surface area contributed by atoms with Gasteiger partial charge in [0.2, 0.25) is 0 Å². The number of likely N-dealkylation sites (tertiary alicyclic amines) is 1. The molecule has 0 N–H and O–H groups in total. The average Bonchev–Trinajstić information content (AvgIpc) is 3.47.